The van der Waals surface area contributed by atoms with Crippen LogP contribution in [0.25, 0.3) is 0 Å². The minimum Gasteiger partial charge on any atom is -0.313 e. The summed E-state index contributed by atoms with van der Waals surface area (Å²) in [6.45, 7) is 17.7. The van der Waals surface area contributed by atoms with Crippen LogP contribution in [-0.2, 0) is 0 Å². The van der Waals surface area contributed by atoms with E-state index in [0.29, 0.717) is 11.5 Å². The highest BCUT2D eigenvalue weighted by Gasteiger charge is 2.28. The fraction of sp³-hybridized carbons (Fsp3) is 1.00. The van der Waals surface area contributed by atoms with Gasteiger partial charge in [0.25, 0.3) is 0 Å². The monoisotopic (exact) mass is 286 g/mol. The molecule has 0 aromatic carbocycles. The summed E-state index contributed by atoms with van der Waals surface area (Å²) >= 11 is 2.13. The zero-order valence-corrected chi connectivity index (χ0v) is 14.6. The second kappa shape index (κ2) is 7.90. The van der Waals surface area contributed by atoms with Crippen LogP contribution in [0, 0.1) is 5.41 Å². The van der Waals surface area contributed by atoms with Gasteiger partial charge in [0.1, 0.15) is 0 Å². The van der Waals surface area contributed by atoms with Crippen LogP contribution < -0.4 is 5.32 Å². The van der Waals surface area contributed by atoms with Gasteiger partial charge in [-0.3, -0.25) is 4.90 Å². The van der Waals surface area contributed by atoms with Crippen molar-refractivity contribution in [2.24, 2.45) is 5.41 Å². The van der Waals surface area contributed by atoms with Crippen molar-refractivity contribution in [3.63, 3.8) is 0 Å². The SMILES string of the molecule is CCCNC(CCN1CCSC(C)C1C)C(C)(C)C. The van der Waals surface area contributed by atoms with E-state index in [9.17, 15) is 0 Å². The Bertz CT molecular complexity index is 250. The van der Waals surface area contributed by atoms with Gasteiger partial charge in [-0.2, -0.15) is 11.8 Å². The molecule has 3 atom stereocenters. The number of thioether (sulfide) groups is 1. The molecule has 0 aromatic rings. The van der Waals surface area contributed by atoms with Crippen LogP contribution in [0.2, 0.25) is 0 Å². The minimum atomic E-state index is 0.356. The lowest BCUT2D eigenvalue weighted by Crippen LogP contribution is -2.48. The summed E-state index contributed by atoms with van der Waals surface area (Å²) in [6, 6.07) is 1.36. The molecule has 2 nitrogen and oxygen atoms in total. The number of rotatable bonds is 6. The third-order valence-corrected chi connectivity index (χ3v) is 5.74. The Morgan fingerprint density at radius 3 is 2.58 bits per heavy atom. The summed E-state index contributed by atoms with van der Waals surface area (Å²) in [4.78, 5) is 2.69. The van der Waals surface area contributed by atoms with Crippen molar-refractivity contribution in [2.75, 3.05) is 25.4 Å². The van der Waals surface area contributed by atoms with E-state index in [1.165, 1.54) is 31.7 Å². The first-order chi connectivity index (χ1) is 8.86. The molecule has 0 radical (unpaired) electrons. The number of nitrogens with zero attached hydrogens (tertiary/aromatic N) is 1. The molecule has 1 heterocycles. The van der Waals surface area contributed by atoms with E-state index in [1.54, 1.807) is 0 Å². The lowest BCUT2D eigenvalue weighted by Gasteiger charge is -2.40. The topological polar surface area (TPSA) is 15.3 Å². The average molecular weight is 287 g/mol. The van der Waals surface area contributed by atoms with Crippen LogP contribution in [0.3, 0.4) is 0 Å². The first-order valence-corrected chi connectivity index (χ1v) is 9.00. The normalized spacial score (nSPS) is 27.5. The summed E-state index contributed by atoms with van der Waals surface area (Å²) in [5.41, 5.74) is 0.356. The van der Waals surface area contributed by atoms with Gasteiger partial charge in [0.05, 0.1) is 0 Å². The predicted molar refractivity (Wildman–Crippen MR) is 89.1 cm³/mol. The van der Waals surface area contributed by atoms with Crippen molar-refractivity contribution in [1.82, 2.24) is 10.2 Å². The van der Waals surface area contributed by atoms with Crippen LogP contribution in [0.4, 0.5) is 0 Å². The highest BCUT2D eigenvalue weighted by Crippen LogP contribution is 2.26. The van der Waals surface area contributed by atoms with Crippen LogP contribution in [-0.4, -0.2) is 47.6 Å². The first kappa shape index (κ1) is 17.3. The van der Waals surface area contributed by atoms with Crippen molar-refractivity contribution in [3.05, 3.63) is 0 Å². The average Bonchev–Trinajstić information content (AvgIpc) is 2.32. The van der Waals surface area contributed by atoms with Gasteiger partial charge in [0.15, 0.2) is 0 Å². The highest BCUT2D eigenvalue weighted by atomic mass is 32.2. The minimum absolute atomic E-state index is 0.356. The van der Waals surface area contributed by atoms with E-state index in [2.05, 4.69) is 63.5 Å². The molecule has 3 heteroatoms. The van der Waals surface area contributed by atoms with Crippen LogP contribution in [0.1, 0.15) is 54.4 Å². The zero-order valence-electron chi connectivity index (χ0n) is 13.8. The molecule has 3 unspecified atom stereocenters. The van der Waals surface area contributed by atoms with Gasteiger partial charge in [-0.25, -0.2) is 0 Å². The van der Waals surface area contributed by atoms with Gasteiger partial charge in [-0.1, -0.05) is 34.6 Å². The maximum atomic E-state index is 3.74. The van der Waals surface area contributed by atoms with Crippen LogP contribution in [0.15, 0.2) is 0 Å². The molecule has 1 saturated heterocycles. The smallest absolute Gasteiger partial charge is 0.0184 e. The molecule has 0 spiro atoms. The van der Waals surface area contributed by atoms with E-state index in [1.807, 2.05) is 0 Å². The Labute approximate surface area is 125 Å². The number of nitrogens with one attached hydrogen (secondary N) is 1. The van der Waals surface area contributed by atoms with E-state index in [4.69, 9.17) is 0 Å². The first-order valence-electron chi connectivity index (χ1n) is 7.95. The number of hydrogen-bond acceptors (Lipinski definition) is 3. The maximum absolute atomic E-state index is 3.74. The van der Waals surface area contributed by atoms with Gasteiger partial charge < -0.3 is 5.32 Å². The van der Waals surface area contributed by atoms with Gasteiger partial charge in [-0.15, -0.1) is 0 Å². The second-order valence-electron chi connectivity index (χ2n) is 7.01. The fourth-order valence-corrected chi connectivity index (χ4v) is 3.93. The summed E-state index contributed by atoms with van der Waals surface area (Å²) in [5, 5.41) is 4.53. The van der Waals surface area contributed by atoms with Gasteiger partial charge >= 0.3 is 0 Å². The van der Waals surface area contributed by atoms with E-state index < -0.39 is 0 Å². The van der Waals surface area contributed by atoms with E-state index >= 15 is 0 Å². The molecule has 0 saturated carbocycles. The quantitative estimate of drug-likeness (QED) is 0.803. The summed E-state index contributed by atoms with van der Waals surface area (Å²) < 4.78 is 0. The van der Waals surface area contributed by atoms with Crippen molar-refractivity contribution in [2.45, 2.75) is 71.7 Å². The Hall–Kier alpha value is 0.270. The molecular formula is C16H34N2S. The zero-order chi connectivity index (χ0) is 14.5. The lowest BCUT2D eigenvalue weighted by atomic mass is 9.84. The molecule has 1 aliphatic rings. The predicted octanol–water partition coefficient (Wildman–Crippen LogP) is 3.62. The van der Waals surface area contributed by atoms with Crippen molar-refractivity contribution < 1.29 is 0 Å². The van der Waals surface area contributed by atoms with Crippen LogP contribution in [0.5, 0.6) is 0 Å². The fourth-order valence-electron chi connectivity index (χ4n) is 2.77. The second-order valence-corrected chi connectivity index (χ2v) is 8.50. The van der Waals surface area contributed by atoms with E-state index in [-0.39, 0.29) is 0 Å². The molecule has 1 fully saturated rings. The Morgan fingerprint density at radius 1 is 1.32 bits per heavy atom. The van der Waals surface area contributed by atoms with E-state index in [0.717, 1.165) is 17.8 Å². The molecule has 1 rings (SSSR count). The molecule has 19 heavy (non-hydrogen) atoms. The molecule has 1 aliphatic heterocycles. The highest BCUT2D eigenvalue weighted by molar-refractivity contribution is 8.00. The summed E-state index contributed by atoms with van der Waals surface area (Å²) in [5.74, 6) is 1.30. The molecule has 1 N–H and O–H groups in total. The maximum Gasteiger partial charge on any atom is 0.0184 e. The molecule has 114 valence electrons. The summed E-state index contributed by atoms with van der Waals surface area (Å²) in [6.07, 6.45) is 2.49. The molecule has 0 aliphatic carbocycles. The van der Waals surface area contributed by atoms with Gasteiger partial charge in [0.2, 0.25) is 0 Å². The molecule has 0 amide bonds. The molecule has 0 aromatic heterocycles. The Balaban J connectivity index is 2.46. The third kappa shape index (κ3) is 5.65. The Morgan fingerprint density at radius 2 is 2.00 bits per heavy atom. The molecule has 0 bridgehead atoms. The lowest BCUT2D eigenvalue weighted by molar-refractivity contribution is 0.173. The van der Waals surface area contributed by atoms with Crippen molar-refractivity contribution in [1.29, 1.82) is 0 Å². The third-order valence-electron chi connectivity index (χ3n) is 4.41. The standard InChI is InChI=1S/C16H34N2S/c1-7-9-17-15(16(4,5)6)8-10-18-11-12-19-14(3)13(18)2/h13-15,17H,7-12H2,1-6H3. The Kier molecular flexibility index (Phi) is 7.20. The largest absolute Gasteiger partial charge is 0.313 e. The van der Waals surface area contributed by atoms with Crippen molar-refractivity contribution in [3.8, 4) is 0 Å². The van der Waals surface area contributed by atoms with Crippen LogP contribution >= 0.6 is 11.8 Å². The van der Waals surface area contributed by atoms with Crippen molar-refractivity contribution >= 4 is 11.8 Å². The summed E-state index contributed by atoms with van der Waals surface area (Å²) in [7, 11) is 0. The van der Waals surface area contributed by atoms with Gasteiger partial charge in [-0.05, 0) is 38.3 Å². The number of hydrogen-bond donors (Lipinski definition) is 1. The molecular weight excluding hydrogens is 252 g/mol. The van der Waals surface area contributed by atoms with Gasteiger partial charge in [0, 0.05) is 29.6 Å².